The van der Waals surface area contributed by atoms with Gasteiger partial charge in [-0.3, -0.25) is 14.8 Å². The van der Waals surface area contributed by atoms with Gasteiger partial charge >= 0.3 is 0 Å². The van der Waals surface area contributed by atoms with E-state index in [4.69, 9.17) is 11.6 Å². The number of anilines is 1. The maximum atomic E-state index is 12.4. The molecule has 140 valence electrons. The number of hydrogen-bond donors (Lipinski definition) is 1. The van der Waals surface area contributed by atoms with E-state index < -0.39 is 30.7 Å². The van der Waals surface area contributed by atoms with E-state index in [2.05, 4.69) is 4.72 Å². The third kappa shape index (κ3) is 4.12. The van der Waals surface area contributed by atoms with Gasteiger partial charge in [-0.25, -0.2) is 21.1 Å². The van der Waals surface area contributed by atoms with Gasteiger partial charge in [0.25, 0.3) is 15.7 Å². The van der Waals surface area contributed by atoms with Crippen molar-refractivity contribution in [3.8, 4) is 0 Å². The number of nitrogens with one attached hydrogen (secondary N) is 1. The number of rotatable bonds is 6. The highest BCUT2D eigenvalue weighted by Crippen LogP contribution is 2.28. The Hall–Kier alpha value is -2.21. The molecule has 0 saturated carbocycles. The molecule has 0 heterocycles. The van der Waals surface area contributed by atoms with Gasteiger partial charge in [0, 0.05) is 20.2 Å². The first-order valence-electron chi connectivity index (χ1n) is 6.94. The average Bonchev–Trinajstić information content (AvgIpc) is 2.56. The van der Waals surface area contributed by atoms with Crippen molar-refractivity contribution >= 4 is 43.0 Å². The zero-order valence-electron chi connectivity index (χ0n) is 13.6. The van der Waals surface area contributed by atoms with Crippen LogP contribution in [0.25, 0.3) is 0 Å². The Balaban J connectivity index is 2.34. The smallest absolute Gasteiger partial charge is 0.279 e. The molecule has 0 aliphatic rings. The molecule has 26 heavy (non-hydrogen) atoms. The van der Waals surface area contributed by atoms with Crippen LogP contribution in [0.4, 0.5) is 11.4 Å². The van der Waals surface area contributed by atoms with Crippen molar-refractivity contribution in [3.63, 3.8) is 0 Å². The number of nitro groups is 1. The van der Waals surface area contributed by atoms with Crippen molar-refractivity contribution < 1.29 is 21.8 Å². The molecule has 0 unspecified atom stereocenters. The molecule has 0 aliphatic carbocycles. The van der Waals surface area contributed by atoms with Crippen LogP contribution < -0.4 is 4.72 Å². The molecule has 0 aromatic heterocycles. The molecule has 2 rings (SSSR count). The summed E-state index contributed by atoms with van der Waals surface area (Å²) in [6.07, 6.45) is 0. The lowest BCUT2D eigenvalue weighted by atomic mass is 10.3. The number of benzene rings is 2. The van der Waals surface area contributed by atoms with Crippen LogP contribution in [0.2, 0.25) is 5.02 Å². The average molecular weight is 420 g/mol. The van der Waals surface area contributed by atoms with Crippen LogP contribution in [-0.2, 0) is 20.0 Å². The zero-order chi connectivity index (χ0) is 19.7. The fraction of sp³-hybridized carbons (Fsp3) is 0.143. The minimum absolute atomic E-state index is 0.0499. The summed E-state index contributed by atoms with van der Waals surface area (Å²) in [6.45, 7) is 0. The Morgan fingerprint density at radius 3 is 2.04 bits per heavy atom. The second-order valence-electron chi connectivity index (χ2n) is 5.29. The fourth-order valence-corrected chi connectivity index (χ4v) is 4.07. The number of nitrogens with zero attached hydrogens (tertiary/aromatic N) is 2. The van der Waals surface area contributed by atoms with Gasteiger partial charge in [-0.1, -0.05) is 11.6 Å². The Bertz CT molecular complexity index is 1050. The van der Waals surface area contributed by atoms with E-state index in [9.17, 15) is 26.9 Å². The van der Waals surface area contributed by atoms with Gasteiger partial charge in [0.15, 0.2) is 0 Å². The van der Waals surface area contributed by atoms with Gasteiger partial charge in [0.1, 0.15) is 5.02 Å². The molecule has 0 saturated heterocycles. The number of halogens is 1. The molecule has 12 heteroatoms. The summed E-state index contributed by atoms with van der Waals surface area (Å²) in [6, 6.07) is 8.04. The quantitative estimate of drug-likeness (QED) is 0.565. The number of hydrogen-bond acceptors (Lipinski definition) is 6. The summed E-state index contributed by atoms with van der Waals surface area (Å²) >= 11 is 5.69. The highest BCUT2D eigenvalue weighted by molar-refractivity contribution is 7.92. The lowest BCUT2D eigenvalue weighted by Crippen LogP contribution is -2.22. The van der Waals surface area contributed by atoms with E-state index >= 15 is 0 Å². The van der Waals surface area contributed by atoms with E-state index in [1.165, 1.54) is 26.2 Å². The summed E-state index contributed by atoms with van der Waals surface area (Å²) < 4.78 is 52.0. The lowest BCUT2D eigenvalue weighted by molar-refractivity contribution is -0.384. The molecule has 9 nitrogen and oxygen atoms in total. The van der Waals surface area contributed by atoms with Gasteiger partial charge in [-0.15, -0.1) is 0 Å². The number of sulfonamides is 2. The van der Waals surface area contributed by atoms with Gasteiger partial charge in [0.2, 0.25) is 10.0 Å². The largest absolute Gasteiger partial charge is 0.289 e. The van der Waals surface area contributed by atoms with Crippen LogP contribution in [0.15, 0.2) is 52.3 Å². The topological polar surface area (TPSA) is 127 Å². The van der Waals surface area contributed by atoms with Crippen molar-refractivity contribution in [3.05, 3.63) is 57.6 Å². The van der Waals surface area contributed by atoms with Crippen molar-refractivity contribution in [1.29, 1.82) is 0 Å². The SMILES string of the molecule is CN(C)S(=O)(=O)c1ccc(S(=O)(=O)Nc2ccc(Cl)c([N+](=O)[O-])c2)cc1. The summed E-state index contributed by atoms with van der Waals surface area (Å²) in [5, 5.41) is 10.8. The summed E-state index contributed by atoms with van der Waals surface area (Å²) in [7, 11) is -5.05. The third-order valence-electron chi connectivity index (χ3n) is 3.31. The number of nitro benzene ring substituents is 1. The molecular formula is C14H14ClN3O6S2. The molecule has 1 N–H and O–H groups in total. The van der Waals surface area contributed by atoms with E-state index in [0.29, 0.717) is 0 Å². The Kier molecular flexibility index (Phi) is 5.56. The second-order valence-corrected chi connectivity index (χ2v) is 9.53. The van der Waals surface area contributed by atoms with Crippen LogP contribution in [0, 0.1) is 10.1 Å². The van der Waals surface area contributed by atoms with Gasteiger partial charge in [-0.05, 0) is 36.4 Å². The third-order valence-corrected chi connectivity index (χ3v) is 6.85. The van der Waals surface area contributed by atoms with E-state index in [1.807, 2.05) is 0 Å². The lowest BCUT2D eigenvalue weighted by Gasteiger charge is -2.12. The monoisotopic (exact) mass is 419 g/mol. The predicted molar refractivity (Wildman–Crippen MR) is 96.2 cm³/mol. The van der Waals surface area contributed by atoms with E-state index in [0.717, 1.165) is 34.6 Å². The van der Waals surface area contributed by atoms with Gasteiger partial charge in [-0.2, -0.15) is 0 Å². The minimum Gasteiger partial charge on any atom is -0.279 e. The molecule has 0 atom stereocenters. The Morgan fingerprint density at radius 2 is 1.54 bits per heavy atom. The van der Waals surface area contributed by atoms with Gasteiger partial charge < -0.3 is 0 Å². The normalized spacial score (nSPS) is 12.2. The molecule has 0 fully saturated rings. The van der Waals surface area contributed by atoms with E-state index in [1.54, 1.807) is 0 Å². The maximum Gasteiger partial charge on any atom is 0.289 e. The first-order chi connectivity index (χ1) is 11.9. The Labute approximate surface area is 155 Å². The predicted octanol–water partition coefficient (Wildman–Crippen LogP) is 2.30. The Morgan fingerprint density at radius 1 is 1.00 bits per heavy atom. The highest BCUT2D eigenvalue weighted by Gasteiger charge is 2.21. The van der Waals surface area contributed by atoms with Gasteiger partial charge in [0.05, 0.1) is 20.4 Å². The molecule has 0 bridgehead atoms. The fourth-order valence-electron chi connectivity index (χ4n) is 1.93. The summed E-state index contributed by atoms with van der Waals surface area (Å²) in [5.74, 6) is 0. The van der Waals surface area contributed by atoms with Crippen LogP contribution in [0.1, 0.15) is 0 Å². The molecule has 0 aliphatic heterocycles. The molecule has 0 radical (unpaired) electrons. The van der Waals surface area contributed by atoms with E-state index in [-0.39, 0.29) is 20.5 Å². The van der Waals surface area contributed by atoms with Crippen LogP contribution in [0.5, 0.6) is 0 Å². The molecule has 2 aromatic carbocycles. The van der Waals surface area contributed by atoms with Crippen molar-refractivity contribution in [2.75, 3.05) is 18.8 Å². The van der Waals surface area contributed by atoms with Crippen molar-refractivity contribution in [1.82, 2.24) is 4.31 Å². The van der Waals surface area contributed by atoms with Crippen molar-refractivity contribution in [2.24, 2.45) is 0 Å². The molecule has 0 spiro atoms. The first kappa shape index (κ1) is 20.1. The molecule has 0 amide bonds. The highest BCUT2D eigenvalue weighted by atomic mass is 35.5. The van der Waals surface area contributed by atoms with Crippen LogP contribution in [0.3, 0.4) is 0 Å². The minimum atomic E-state index is -4.08. The summed E-state index contributed by atoms with van der Waals surface area (Å²) in [4.78, 5) is 9.88. The molecular weight excluding hydrogens is 406 g/mol. The van der Waals surface area contributed by atoms with Crippen LogP contribution in [-0.4, -0.2) is 40.2 Å². The van der Waals surface area contributed by atoms with Crippen LogP contribution >= 0.6 is 11.6 Å². The maximum absolute atomic E-state index is 12.4. The zero-order valence-corrected chi connectivity index (χ0v) is 16.0. The first-order valence-corrected chi connectivity index (χ1v) is 10.2. The standard InChI is InChI=1S/C14H14ClN3O6S2/c1-17(2)26(23,24)12-6-4-11(5-7-12)25(21,22)16-10-3-8-13(15)14(9-10)18(19)20/h3-9,16H,1-2H3. The van der Waals surface area contributed by atoms with Crippen molar-refractivity contribution in [2.45, 2.75) is 9.79 Å². The summed E-state index contributed by atoms with van der Waals surface area (Å²) in [5.41, 5.74) is -0.495. The second kappa shape index (κ2) is 7.19. The molecule has 2 aromatic rings.